The Morgan fingerprint density at radius 1 is 1.27 bits per heavy atom. The fraction of sp³-hybridized carbons (Fsp3) is 0.500. The number of fused-ring (bicyclic) bond motifs is 1. The van der Waals surface area contributed by atoms with Crippen LogP contribution >= 0.6 is 0 Å². The second kappa shape index (κ2) is 6.66. The summed E-state index contributed by atoms with van der Waals surface area (Å²) in [7, 11) is 3.58. The third-order valence-electron chi connectivity index (χ3n) is 4.18. The van der Waals surface area contributed by atoms with E-state index < -0.39 is 6.10 Å². The molecule has 2 aromatic rings. The van der Waals surface area contributed by atoms with Crippen molar-refractivity contribution < 1.29 is 14.6 Å². The molecule has 6 heteroatoms. The molecule has 1 aliphatic rings. The number of benzene rings is 1. The Kier molecular flexibility index (Phi) is 4.63. The van der Waals surface area contributed by atoms with Crippen LogP contribution in [0.5, 0.6) is 0 Å². The lowest BCUT2D eigenvalue weighted by atomic mass is 10.0. The van der Waals surface area contributed by atoms with Crippen molar-refractivity contribution in [2.75, 3.05) is 27.4 Å². The molecule has 0 unspecified atom stereocenters. The number of hydrogen-bond donors (Lipinski definition) is 1. The average Bonchev–Trinajstić information content (AvgIpc) is 2.55. The fourth-order valence-electron chi connectivity index (χ4n) is 2.86. The minimum atomic E-state index is -0.552. The van der Waals surface area contributed by atoms with Crippen molar-refractivity contribution in [3.05, 3.63) is 36.2 Å². The molecule has 0 radical (unpaired) electrons. The molecule has 0 amide bonds. The summed E-state index contributed by atoms with van der Waals surface area (Å²) in [6.45, 7) is 1.65. The van der Waals surface area contributed by atoms with Gasteiger partial charge in [0.05, 0.1) is 30.3 Å². The standard InChI is InChI=1S/C16H21N3O3/c1-19(14-9-22-10-15(21-2)16(14)20)8-11-3-4-12-13(7-11)18-6-5-17-12/h3-7,14-16,20H,8-10H2,1-2H3/t14-,15-,16+/m1/s1. The summed E-state index contributed by atoms with van der Waals surface area (Å²) < 4.78 is 10.8. The van der Waals surface area contributed by atoms with Crippen LogP contribution in [0, 0.1) is 0 Å². The molecular formula is C16H21N3O3. The van der Waals surface area contributed by atoms with Crippen LogP contribution in [0.15, 0.2) is 30.6 Å². The second-order valence-corrected chi connectivity index (χ2v) is 5.66. The molecule has 0 spiro atoms. The molecule has 0 saturated carbocycles. The molecule has 3 rings (SSSR count). The van der Waals surface area contributed by atoms with Crippen LogP contribution in [0.3, 0.4) is 0 Å². The number of hydrogen-bond acceptors (Lipinski definition) is 6. The predicted octanol–water partition coefficient (Wildman–Crippen LogP) is 0.836. The smallest absolute Gasteiger partial charge is 0.108 e. The molecule has 3 atom stereocenters. The number of aliphatic hydroxyl groups is 1. The number of ether oxygens (including phenoxy) is 2. The summed E-state index contributed by atoms with van der Waals surface area (Å²) in [6.07, 6.45) is 2.56. The third kappa shape index (κ3) is 3.10. The summed E-state index contributed by atoms with van der Waals surface area (Å²) in [5.41, 5.74) is 2.89. The van der Waals surface area contributed by atoms with Gasteiger partial charge in [-0.3, -0.25) is 14.9 Å². The molecule has 1 N–H and O–H groups in total. The maximum absolute atomic E-state index is 10.4. The summed E-state index contributed by atoms with van der Waals surface area (Å²) in [6, 6.07) is 5.95. The molecule has 1 aromatic carbocycles. The van der Waals surface area contributed by atoms with Gasteiger partial charge < -0.3 is 14.6 Å². The minimum absolute atomic E-state index is 0.0868. The van der Waals surface area contributed by atoms with Gasteiger partial charge in [-0.05, 0) is 24.7 Å². The maximum Gasteiger partial charge on any atom is 0.108 e. The number of methoxy groups -OCH3 is 1. The van der Waals surface area contributed by atoms with Crippen LogP contribution in [0.1, 0.15) is 5.56 Å². The van der Waals surface area contributed by atoms with Crippen molar-refractivity contribution >= 4 is 11.0 Å². The van der Waals surface area contributed by atoms with Gasteiger partial charge in [0.1, 0.15) is 12.2 Å². The van der Waals surface area contributed by atoms with E-state index in [1.165, 1.54) is 0 Å². The highest BCUT2D eigenvalue weighted by molar-refractivity contribution is 5.74. The van der Waals surface area contributed by atoms with Gasteiger partial charge in [-0.1, -0.05) is 6.07 Å². The number of likely N-dealkylation sites (N-methyl/N-ethyl adjacent to an activating group) is 1. The first-order valence-corrected chi connectivity index (χ1v) is 7.37. The lowest BCUT2D eigenvalue weighted by molar-refractivity contribution is -0.142. The van der Waals surface area contributed by atoms with Crippen molar-refractivity contribution in [2.24, 2.45) is 0 Å². The summed E-state index contributed by atoms with van der Waals surface area (Å²) in [4.78, 5) is 10.7. The van der Waals surface area contributed by atoms with Gasteiger partial charge in [0.25, 0.3) is 0 Å². The maximum atomic E-state index is 10.4. The lowest BCUT2D eigenvalue weighted by Crippen LogP contribution is -2.55. The Morgan fingerprint density at radius 2 is 2.05 bits per heavy atom. The van der Waals surface area contributed by atoms with Crippen LogP contribution in [-0.2, 0) is 16.0 Å². The van der Waals surface area contributed by atoms with E-state index in [2.05, 4.69) is 14.9 Å². The Balaban J connectivity index is 1.73. The van der Waals surface area contributed by atoms with Gasteiger partial charge in [0.15, 0.2) is 0 Å². The van der Waals surface area contributed by atoms with Gasteiger partial charge in [-0.2, -0.15) is 0 Å². The molecule has 2 heterocycles. The molecule has 1 saturated heterocycles. The highest BCUT2D eigenvalue weighted by atomic mass is 16.5. The van der Waals surface area contributed by atoms with Gasteiger partial charge in [0.2, 0.25) is 0 Å². The van der Waals surface area contributed by atoms with Crippen LogP contribution in [0.2, 0.25) is 0 Å². The van der Waals surface area contributed by atoms with Crippen molar-refractivity contribution in [1.82, 2.24) is 14.9 Å². The summed E-state index contributed by atoms with van der Waals surface area (Å²) in [5, 5.41) is 10.4. The van der Waals surface area contributed by atoms with Crippen LogP contribution in [0.4, 0.5) is 0 Å². The van der Waals surface area contributed by atoms with Crippen LogP contribution in [0.25, 0.3) is 11.0 Å². The predicted molar refractivity (Wildman–Crippen MR) is 82.4 cm³/mol. The first kappa shape index (κ1) is 15.3. The molecule has 1 aliphatic heterocycles. The zero-order valence-corrected chi connectivity index (χ0v) is 12.8. The van der Waals surface area contributed by atoms with Crippen LogP contribution < -0.4 is 0 Å². The minimum Gasteiger partial charge on any atom is -0.389 e. The first-order valence-electron chi connectivity index (χ1n) is 7.37. The number of aliphatic hydroxyl groups excluding tert-OH is 1. The molecule has 0 aliphatic carbocycles. The number of nitrogens with zero attached hydrogens (tertiary/aromatic N) is 3. The van der Waals surface area contributed by atoms with E-state index in [-0.39, 0.29) is 12.1 Å². The van der Waals surface area contributed by atoms with E-state index in [0.29, 0.717) is 19.8 Å². The Labute approximate surface area is 129 Å². The van der Waals surface area contributed by atoms with Crippen LogP contribution in [-0.4, -0.2) is 65.6 Å². The van der Waals surface area contributed by atoms with Crippen molar-refractivity contribution in [3.63, 3.8) is 0 Å². The van der Waals surface area contributed by atoms with E-state index in [9.17, 15) is 5.11 Å². The zero-order valence-electron chi connectivity index (χ0n) is 12.8. The Hall–Kier alpha value is -1.60. The highest BCUT2D eigenvalue weighted by Crippen LogP contribution is 2.19. The van der Waals surface area contributed by atoms with E-state index in [0.717, 1.165) is 16.6 Å². The summed E-state index contributed by atoms with van der Waals surface area (Å²) >= 11 is 0. The topological polar surface area (TPSA) is 67.7 Å². The number of aromatic nitrogens is 2. The van der Waals surface area contributed by atoms with Crippen molar-refractivity contribution in [1.29, 1.82) is 0 Å². The molecule has 22 heavy (non-hydrogen) atoms. The van der Waals surface area contributed by atoms with Gasteiger partial charge in [0, 0.05) is 26.0 Å². The second-order valence-electron chi connectivity index (χ2n) is 5.66. The zero-order chi connectivity index (χ0) is 15.5. The normalized spacial score (nSPS) is 25.7. The molecule has 0 bridgehead atoms. The Bertz CT molecular complexity index is 637. The molecule has 118 valence electrons. The molecule has 1 fully saturated rings. The van der Waals surface area contributed by atoms with E-state index in [1.807, 2.05) is 25.2 Å². The average molecular weight is 303 g/mol. The Morgan fingerprint density at radius 3 is 2.82 bits per heavy atom. The molecule has 6 nitrogen and oxygen atoms in total. The molecule has 1 aromatic heterocycles. The highest BCUT2D eigenvalue weighted by Gasteiger charge is 2.35. The third-order valence-corrected chi connectivity index (χ3v) is 4.18. The monoisotopic (exact) mass is 303 g/mol. The van der Waals surface area contributed by atoms with Crippen molar-refractivity contribution in [3.8, 4) is 0 Å². The first-order chi connectivity index (χ1) is 10.7. The van der Waals surface area contributed by atoms with Gasteiger partial charge in [-0.25, -0.2) is 0 Å². The van der Waals surface area contributed by atoms with E-state index in [1.54, 1.807) is 19.5 Å². The largest absolute Gasteiger partial charge is 0.389 e. The molecular weight excluding hydrogens is 282 g/mol. The van der Waals surface area contributed by atoms with Gasteiger partial charge >= 0.3 is 0 Å². The lowest BCUT2D eigenvalue weighted by Gasteiger charge is -2.39. The van der Waals surface area contributed by atoms with Gasteiger partial charge in [-0.15, -0.1) is 0 Å². The fourth-order valence-corrected chi connectivity index (χ4v) is 2.86. The SMILES string of the molecule is CO[C@@H]1COC[C@@H](N(C)Cc2ccc3nccnc3c2)[C@@H]1O. The van der Waals surface area contributed by atoms with Crippen molar-refractivity contribution in [2.45, 2.75) is 24.8 Å². The van der Waals surface area contributed by atoms with E-state index in [4.69, 9.17) is 9.47 Å². The quantitative estimate of drug-likeness (QED) is 0.902. The van der Waals surface area contributed by atoms with E-state index >= 15 is 0 Å². The summed E-state index contributed by atoms with van der Waals surface area (Å²) in [5.74, 6) is 0. The number of rotatable bonds is 4.